The number of H-pyrrole nitrogens is 1. The van der Waals surface area contributed by atoms with Crippen molar-refractivity contribution in [1.29, 1.82) is 0 Å². The van der Waals surface area contributed by atoms with E-state index >= 15 is 0 Å². The molecule has 0 bridgehead atoms. The fraction of sp³-hybridized carbons (Fsp3) is 0.250. The van der Waals surface area contributed by atoms with Crippen LogP contribution in [0, 0.1) is 0 Å². The molecule has 0 unspecified atom stereocenters. The standard InChI is InChI=1S/C24H24N6O2/c1-25-24(32)21-7-6-18(14-26-21)29-12-9-17(10-13-29)30-11-8-16(15-30)22-27-20-5-3-2-4-19(20)23(31)28-22/h2-8,11,14-15,17H,9-10,12-13H2,1H3,(H,25,32)(H,27,28,31). The molecule has 0 saturated carbocycles. The molecule has 1 aliphatic heterocycles. The van der Waals surface area contributed by atoms with Crippen molar-refractivity contribution in [2.75, 3.05) is 25.0 Å². The quantitative estimate of drug-likeness (QED) is 0.521. The predicted octanol–water partition coefficient (Wildman–Crippen LogP) is 2.99. The summed E-state index contributed by atoms with van der Waals surface area (Å²) in [6.07, 6.45) is 7.87. The number of hydrogen-bond acceptors (Lipinski definition) is 5. The normalized spacial score (nSPS) is 14.6. The number of hydrogen-bond donors (Lipinski definition) is 2. The summed E-state index contributed by atoms with van der Waals surface area (Å²) in [4.78, 5) is 38.2. The van der Waals surface area contributed by atoms with Crippen LogP contribution >= 0.6 is 0 Å². The van der Waals surface area contributed by atoms with Gasteiger partial charge < -0.3 is 19.8 Å². The Balaban J connectivity index is 1.28. The van der Waals surface area contributed by atoms with Crippen LogP contribution < -0.4 is 15.8 Å². The van der Waals surface area contributed by atoms with Crippen molar-refractivity contribution in [3.05, 3.63) is 77.1 Å². The summed E-state index contributed by atoms with van der Waals surface area (Å²) >= 11 is 0. The first kappa shape index (κ1) is 20.0. The van der Waals surface area contributed by atoms with Crippen molar-refractivity contribution in [3.8, 4) is 11.4 Å². The number of carbonyl (C=O) groups is 1. The lowest BCUT2D eigenvalue weighted by molar-refractivity contribution is 0.0958. The molecule has 5 rings (SSSR count). The number of carbonyl (C=O) groups excluding carboxylic acids is 1. The van der Waals surface area contributed by atoms with E-state index in [0.717, 1.165) is 37.2 Å². The summed E-state index contributed by atoms with van der Waals surface area (Å²) in [6, 6.07) is 13.5. The molecule has 1 saturated heterocycles. The number of aromatic nitrogens is 4. The van der Waals surface area contributed by atoms with Crippen LogP contribution in [0.5, 0.6) is 0 Å². The summed E-state index contributed by atoms with van der Waals surface area (Å²) < 4.78 is 2.22. The van der Waals surface area contributed by atoms with Gasteiger partial charge >= 0.3 is 0 Å². The number of benzene rings is 1. The zero-order valence-corrected chi connectivity index (χ0v) is 17.8. The van der Waals surface area contributed by atoms with Gasteiger partial charge in [0.05, 0.1) is 22.8 Å². The number of para-hydroxylation sites is 1. The monoisotopic (exact) mass is 428 g/mol. The average molecular weight is 428 g/mol. The first-order chi connectivity index (χ1) is 15.6. The van der Waals surface area contributed by atoms with Gasteiger partial charge in [-0.15, -0.1) is 0 Å². The minimum absolute atomic E-state index is 0.122. The van der Waals surface area contributed by atoms with E-state index < -0.39 is 0 Å². The van der Waals surface area contributed by atoms with E-state index in [1.165, 1.54) is 0 Å². The molecule has 32 heavy (non-hydrogen) atoms. The van der Waals surface area contributed by atoms with Gasteiger partial charge in [0.15, 0.2) is 0 Å². The van der Waals surface area contributed by atoms with Crippen LogP contribution in [-0.4, -0.2) is 45.6 Å². The van der Waals surface area contributed by atoms with Gasteiger partial charge in [-0.3, -0.25) is 9.59 Å². The smallest absolute Gasteiger partial charge is 0.269 e. The second-order valence-electron chi connectivity index (χ2n) is 7.98. The largest absolute Gasteiger partial charge is 0.370 e. The van der Waals surface area contributed by atoms with Crippen molar-refractivity contribution >= 4 is 22.5 Å². The Hall–Kier alpha value is -3.94. The molecule has 1 fully saturated rings. The highest BCUT2D eigenvalue weighted by molar-refractivity contribution is 5.92. The summed E-state index contributed by atoms with van der Waals surface area (Å²) in [7, 11) is 1.60. The molecule has 0 atom stereocenters. The van der Waals surface area contributed by atoms with Gasteiger partial charge in [0.25, 0.3) is 11.5 Å². The van der Waals surface area contributed by atoms with E-state index in [9.17, 15) is 9.59 Å². The lowest BCUT2D eigenvalue weighted by atomic mass is 10.0. The molecule has 0 spiro atoms. The fourth-order valence-electron chi connectivity index (χ4n) is 4.26. The highest BCUT2D eigenvalue weighted by Crippen LogP contribution is 2.28. The Morgan fingerprint density at radius 3 is 2.69 bits per heavy atom. The van der Waals surface area contributed by atoms with Crippen molar-refractivity contribution in [3.63, 3.8) is 0 Å². The molecule has 162 valence electrons. The lowest BCUT2D eigenvalue weighted by Gasteiger charge is -2.34. The third-order valence-corrected chi connectivity index (χ3v) is 6.06. The Morgan fingerprint density at radius 1 is 1.12 bits per heavy atom. The van der Waals surface area contributed by atoms with Crippen LogP contribution in [0.25, 0.3) is 22.3 Å². The molecule has 4 aromatic rings. The van der Waals surface area contributed by atoms with Crippen molar-refractivity contribution in [2.24, 2.45) is 0 Å². The molecule has 1 amide bonds. The van der Waals surface area contributed by atoms with Gasteiger partial charge in [-0.05, 0) is 43.2 Å². The summed E-state index contributed by atoms with van der Waals surface area (Å²) in [6.45, 7) is 1.81. The van der Waals surface area contributed by atoms with Gasteiger partial charge in [0.1, 0.15) is 11.5 Å². The molecule has 8 nitrogen and oxygen atoms in total. The second-order valence-corrected chi connectivity index (χ2v) is 7.98. The summed E-state index contributed by atoms with van der Waals surface area (Å²) in [5, 5.41) is 3.19. The van der Waals surface area contributed by atoms with E-state index in [1.807, 2.05) is 30.3 Å². The first-order valence-electron chi connectivity index (χ1n) is 10.7. The highest BCUT2D eigenvalue weighted by atomic mass is 16.1. The minimum atomic E-state index is -0.180. The van der Waals surface area contributed by atoms with E-state index in [0.29, 0.717) is 28.5 Å². The Bertz CT molecular complexity index is 1320. The third-order valence-electron chi connectivity index (χ3n) is 6.06. The van der Waals surface area contributed by atoms with Gasteiger partial charge in [-0.1, -0.05) is 12.1 Å². The number of pyridine rings is 1. The molecule has 4 heterocycles. The van der Waals surface area contributed by atoms with Crippen LogP contribution in [0.4, 0.5) is 5.69 Å². The van der Waals surface area contributed by atoms with Crippen LogP contribution in [0.15, 0.2) is 65.8 Å². The molecule has 8 heteroatoms. The number of aromatic amines is 1. The third kappa shape index (κ3) is 3.75. The summed E-state index contributed by atoms with van der Waals surface area (Å²) in [5.41, 5.74) is 2.93. The van der Waals surface area contributed by atoms with Crippen molar-refractivity contribution in [2.45, 2.75) is 18.9 Å². The fourth-order valence-corrected chi connectivity index (χ4v) is 4.26. The SMILES string of the molecule is CNC(=O)c1ccc(N2CCC(n3ccc(-c4nc5ccccc5c(=O)[nH]4)c3)CC2)cn1. The maximum Gasteiger partial charge on any atom is 0.269 e. The number of amides is 1. The molecular weight excluding hydrogens is 404 g/mol. The number of nitrogens with zero attached hydrogens (tertiary/aromatic N) is 4. The predicted molar refractivity (Wildman–Crippen MR) is 124 cm³/mol. The zero-order valence-electron chi connectivity index (χ0n) is 17.8. The van der Waals surface area contributed by atoms with Crippen LogP contribution in [0.2, 0.25) is 0 Å². The van der Waals surface area contributed by atoms with E-state index in [4.69, 9.17) is 0 Å². The number of nitrogens with one attached hydrogen (secondary N) is 2. The second kappa shape index (κ2) is 8.30. The van der Waals surface area contributed by atoms with Crippen molar-refractivity contribution < 1.29 is 4.79 Å². The van der Waals surface area contributed by atoms with Crippen LogP contribution in [0.3, 0.4) is 0 Å². The highest BCUT2D eigenvalue weighted by Gasteiger charge is 2.21. The van der Waals surface area contributed by atoms with Crippen LogP contribution in [0.1, 0.15) is 29.4 Å². The van der Waals surface area contributed by atoms with E-state index in [1.54, 1.807) is 25.4 Å². The Kier molecular flexibility index (Phi) is 5.18. The van der Waals surface area contributed by atoms with Gasteiger partial charge in [0, 0.05) is 44.1 Å². The topological polar surface area (TPSA) is 95.9 Å². The van der Waals surface area contributed by atoms with E-state index in [-0.39, 0.29) is 11.5 Å². The molecular formula is C24H24N6O2. The Morgan fingerprint density at radius 2 is 1.94 bits per heavy atom. The number of anilines is 1. The number of piperidine rings is 1. The van der Waals surface area contributed by atoms with Gasteiger partial charge in [0.2, 0.25) is 0 Å². The van der Waals surface area contributed by atoms with Gasteiger partial charge in [-0.2, -0.15) is 0 Å². The number of rotatable bonds is 4. The maximum absolute atomic E-state index is 12.4. The molecule has 0 aliphatic carbocycles. The lowest BCUT2D eigenvalue weighted by Crippen LogP contribution is -2.34. The number of fused-ring (bicyclic) bond motifs is 1. The molecule has 1 aliphatic rings. The minimum Gasteiger partial charge on any atom is -0.370 e. The van der Waals surface area contributed by atoms with Gasteiger partial charge in [-0.25, -0.2) is 9.97 Å². The zero-order chi connectivity index (χ0) is 22.1. The molecule has 3 aromatic heterocycles. The summed E-state index contributed by atoms with van der Waals surface area (Å²) in [5.74, 6) is 0.410. The Labute approximate surface area is 184 Å². The molecule has 0 radical (unpaired) electrons. The molecule has 1 aromatic carbocycles. The average Bonchev–Trinajstić information content (AvgIpc) is 3.34. The van der Waals surface area contributed by atoms with E-state index in [2.05, 4.69) is 42.1 Å². The van der Waals surface area contributed by atoms with Crippen LogP contribution in [-0.2, 0) is 0 Å². The van der Waals surface area contributed by atoms with Crippen molar-refractivity contribution in [1.82, 2.24) is 24.8 Å². The maximum atomic E-state index is 12.4. The first-order valence-corrected chi connectivity index (χ1v) is 10.7. The molecule has 2 N–H and O–H groups in total.